The van der Waals surface area contributed by atoms with Gasteiger partial charge in [0.05, 0.1) is 10.7 Å². The molecule has 1 aromatic rings. The quantitative estimate of drug-likeness (QED) is 0.210. The Labute approximate surface area is 118 Å². The van der Waals surface area contributed by atoms with Gasteiger partial charge in [0, 0.05) is 0 Å². The molecule has 1 heterocycles. The molecule has 0 fully saturated rings. The first-order valence-corrected chi connectivity index (χ1v) is 6.57. The molecule has 0 saturated carbocycles. The molecule has 0 atom stereocenters. The van der Waals surface area contributed by atoms with Gasteiger partial charge in [-0.25, -0.2) is 9.97 Å². The van der Waals surface area contributed by atoms with E-state index in [-0.39, 0.29) is 21.7 Å². The van der Waals surface area contributed by atoms with Gasteiger partial charge in [-0.3, -0.25) is 14.9 Å². The van der Waals surface area contributed by atoms with Crippen LogP contribution >= 0.6 is 23.4 Å². The van der Waals surface area contributed by atoms with Gasteiger partial charge >= 0.3 is 11.7 Å². The van der Waals surface area contributed by atoms with Crippen LogP contribution < -0.4 is 0 Å². The molecule has 1 rings (SSSR count). The summed E-state index contributed by atoms with van der Waals surface area (Å²) in [7, 11) is 0. The molecule has 1 aromatic heterocycles. The number of carbonyl (C=O) groups is 1. The van der Waals surface area contributed by atoms with Crippen LogP contribution in [0, 0.1) is 10.1 Å². The second-order valence-corrected chi connectivity index (χ2v) is 5.76. The molecule has 0 unspecified atom stereocenters. The summed E-state index contributed by atoms with van der Waals surface area (Å²) in [5, 5.41) is 10.7. The first kappa shape index (κ1) is 15.6. The molecule has 0 aromatic carbocycles. The lowest BCUT2D eigenvalue weighted by Crippen LogP contribution is -2.24. The molecule has 0 aliphatic rings. The number of carbonyl (C=O) groups excluding carboxylic acids is 1. The van der Waals surface area contributed by atoms with Crippen molar-refractivity contribution in [1.29, 1.82) is 0 Å². The van der Waals surface area contributed by atoms with Crippen molar-refractivity contribution in [2.75, 3.05) is 5.75 Å². The summed E-state index contributed by atoms with van der Waals surface area (Å²) in [6.45, 7) is 5.21. The number of nitrogens with zero attached hydrogens (tertiary/aromatic N) is 3. The predicted octanol–water partition coefficient (Wildman–Crippen LogP) is 2.47. The van der Waals surface area contributed by atoms with Crippen molar-refractivity contribution in [2.45, 2.75) is 31.4 Å². The average molecular weight is 306 g/mol. The van der Waals surface area contributed by atoms with Gasteiger partial charge in [-0.05, 0) is 32.4 Å². The summed E-state index contributed by atoms with van der Waals surface area (Å²) in [6.07, 6.45) is 1.01. The monoisotopic (exact) mass is 305 g/mol. The molecule has 0 radical (unpaired) electrons. The van der Waals surface area contributed by atoms with Gasteiger partial charge in [0.25, 0.3) is 0 Å². The molecule has 0 amide bonds. The van der Waals surface area contributed by atoms with Crippen LogP contribution in [0.1, 0.15) is 20.8 Å². The van der Waals surface area contributed by atoms with Crippen molar-refractivity contribution in [3.05, 3.63) is 21.6 Å². The van der Waals surface area contributed by atoms with Gasteiger partial charge in [-0.1, -0.05) is 11.8 Å². The number of halogens is 1. The fraction of sp³-hybridized carbons (Fsp3) is 0.500. The first-order chi connectivity index (χ1) is 8.69. The Bertz CT molecular complexity index is 504. The Morgan fingerprint density at radius 3 is 2.74 bits per heavy atom. The number of nitro groups is 1. The van der Waals surface area contributed by atoms with Crippen LogP contribution in [-0.2, 0) is 9.53 Å². The maximum absolute atomic E-state index is 11.5. The minimum Gasteiger partial charge on any atom is -0.459 e. The highest BCUT2D eigenvalue weighted by molar-refractivity contribution is 8.00. The minimum atomic E-state index is -0.631. The molecule has 7 nitrogen and oxygen atoms in total. The van der Waals surface area contributed by atoms with E-state index >= 15 is 0 Å². The Hall–Kier alpha value is -1.41. The van der Waals surface area contributed by atoms with Crippen molar-refractivity contribution in [2.24, 2.45) is 0 Å². The Morgan fingerprint density at radius 2 is 2.21 bits per heavy atom. The molecule has 0 aliphatic heterocycles. The van der Waals surface area contributed by atoms with Crippen LogP contribution in [0.15, 0.2) is 11.2 Å². The zero-order valence-electron chi connectivity index (χ0n) is 10.5. The van der Waals surface area contributed by atoms with Crippen LogP contribution in [0.3, 0.4) is 0 Å². The number of aromatic nitrogens is 2. The maximum Gasteiger partial charge on any atom is 0.319 e. The van der Waals surface area contributed by atoms with Gasteiger partial charge in [0.1, 0.15) is 11.8 Å². The maximum atomic E-state index is 11.5. The van der Waals surface area contributed by atoms with Gasteiger partial charge in [0.15, 0.2) is 5.03 Å². The fourth-order valence-corrected chi connectivity index (χ4v) is 1.99. The number of esters is 1. The van der Waals surface area contributed by atoms with Gasteiger partial charge in [-0.15, -0.1) is 0 Å². The van der Waals surface area contributed by atoms with E-state index in [1.807, 2.05) is 0 Å². The third kappa shape index (κ3) is 5.39. The summed E-state index contributed by atoms with van der Waals surface area (Å²) >= 11 is 6.46. The number of ether oxygens (including phenoxy) is 1. The minimum absolute atomic E-state index is 0.0378. The molecule has 0 N–H and O–H groups in total. The number of rotatable bonds is 4. The van der Waals surface area contributed by atoms with Crippen LogP contribution in [-0.4, -0.2) is 32.2 Å². The summed E-state index contributed by atoms with van der Waals surface area (Å²) in [5.74, 6) is -0.577. The van der Waals surface area contributed by atoms with E-state index in [9.17, 15) is 14.9 Å². The van der Waals surface area contributed by atoms with E-state index in [1.54, 1.807) is 20.8 Å². The van der Waals surface area contributed by atoms with Crippen molar-refractivity contribution in [1.82, 2.24) is 9.97 Å². The molecule has 104 valence electrons. The summed E-state index contributed by atoms with van der Waals surface area (Å²) in [5.41, 5.74) is -0.898. The topological polar surface area (TPSA) is 95.2 Å². The van der Waals surface area contributed by atoms with Crippen molar-refractivity contribution in [3.8, 4) is 0 Å². The molecule has 19 heavy (non-hydrogen) atoms. The smallest absolute Gasteiger partial charge is 0.319 e. The fourth-order valence-electron chi connectivity index (χ4n) is 1.07. The third-order valence-electron chi connectivity index (χ3n) is 1.65. The second-order valence-electron chi connectivity index (χ2n) is 4.46. The highest BCUT2D eigenvalue weighted by Gasteiger charge is 2.21. The molecule has 0 spiro atoms. The largest absolute Gasteiger partial charge is 0.459 e. The van der Waals surface area contributed by atoms with Gasteiger partial charge < -0.3 is 4.74 Å². The third-order valence-corrected chi connectivity index (χ3v) is 2.79. The van der Waals surface area contributed by atoms with Crippen LogP contribution in [0.25, 0.3) is 0 Å². The van der Waals surface area contributed by atoms with E-state index in [1.165, 1.54) is 0 Å². The lowest BCUT2D eigenvalue weighted by atomic mass is 10.2. The van der Waals surface area contributed by atoms with Crippen molar-refractivity contribution in [3.63, 3.8) is 0 Å². The van der Waals surface area contributed by atoms with Crippen molar-refractivity contribution >= 4 is 35.0 Å². The van der Waals surface area contributed by atoms with Crippen LogP contribution in [0.4, 0.5) is 5.69 Å². The molecule has 9 heteroatoms. The first-order valence-electron chi connectivity index (χ1n) is 5.20. The summed E-state index contributed by atoms with van der Waals surface area (Å²) < 4.78 is 5.08. The van der Waals surface area contributed by atoms with Crippen molar-refractivity contribution < 1.29 is 14.5 Å². The summed E-state index contributed by atoms with van der Waals surface area (Å²) in [6, 6.07) is 0. The molecular formula is C10H12ClN3O4S. The highest BCUT2D eigenvalue weighted by atomic mass is 35.5. The second kappa shape index (κ2) is 6.16. The Kier molecular flexibility index (Phi) is 5.07. The standard InChI is InChI=1S/C10H12ClN3O4S/c1-10(2,3)18-7(15)5-19-8-6(14(16)17)4-12-9(11)13-8/h4H,5H2,1-3H3. The number of hydrogen-bond donors (Lipinski definition) is 0. The molecule has 0 bridgehead atoms. The zero-order chi connectivity index (χ0) is 14.6. The molecule has 0 aliphatic carbocycles. The zero-order valence-corrected chi connectivity index (χ0v) is 12.1. The van der Waals surface area contributed by atoms with Gasteiger partial charge in [-0.2, -0.15) is 0 Å². The summed E-state index contributed by atoms with van der Waals surface area (Å²) in [4.78, 5) is 28.9. The van der Waals surface area contributed by atoms with Crippen LogP contribution in [0.5, 0.6) is 0 Å². The van der Waals surface area contributed by atoms with Gasteiger partial charge in [0.2, 0.25) is 5.28 Å². The SMILES string of the molecule is CC(C)(C)OC(=O)CSc1nc(Cl)ncc1[N+](=O)[O-]. The van der Waals surface area contributed by atoms with E-state index in [4.69, 9.17) is 16.3 Å². The normalized spacial score (nSPS) is 11.2. The Morgan fingerprint density at radius 1 is 1.58 bits per heavy atom. The van der Waals surface area contributed by atoms with E-state index in [2.05, 4.69) is 9.97 Å². The Balaban J connectivity index is 2.75. The van der Waals surface area contributed by atoms with E-state index < -0.39 is 16.5 Å². The lowest BCUT2D eigenvalue weighted by Gasteiger charge is -2.19. The number of hydrogen-bond acceptors (Lipinski definition) is 7. The molecule has 0 saturated heterocycles. The van der Waals surface area contributed by atoms with E-state index in [0.29, 0.717) is 0 Å². The van der Waals surface area contributed by atoms with Crippen LogP contribution in [0.2, 0.25) is 5.28 Å². The van der Waals surface area contributed by atoms with E-state index in [0.717, 1.165) is 18.0 Å². The highest BCUT2D eigenvalue weighted by Crippen LogP contribution is 2.27. The number of thioether (sulfide) groups is 1. The molecular weight excluding hydrogens is 294 g/mol. The predicted molar refractivity (Wildman–Crippen MR) is 70.3 cm³/mol. The lowest BCUT2D eigenvalue weighted by molar-refractivity contribution is -0.388. The average Bonchev–Trinajstić information content (AvgIpc) is 2.23.